The number of primary amides is 1. The molecule has 0 saturated heterocycles. The number of amides is 3. The summed E-state index contributed by atoms with van der Waals surface area (Å²) < 4.78 is 0. The lowest BCUT2D eigenvalue weighted by Crippen LogP contribution is -2.51. The second kappa shape index (κ2) is 6.93. The van der Waals surface area contributed by atoms with Gasteiger partial charge in [0.2, 0.25) is 5.91 Å². The van der Waals surface area contributed by atoms with E-state index in [4.69, 9.17) is 5.73 Å². The first-order valence-corrected chi connectivity index (χ1v) is 6.14. The molecule has 0 fully saturated rings. The van der Waals surface area contributed by atoms with Crippen LogP contribution in [0.3, 0.4) is 0 Å². The summed E-state index contributed by atoms with van der Waals surface area (Å²) >= 11 is 0. The van der Waals surface area contributed by atoms with Crippen LogP contribution in [0.4, 0.5) is 4.79 Å². The van der Waals surface area contributed by atoms with Gasteiger partial charge in [-0.3, -0.25) is 4.79 Å². The van der Waals surface area contributed by atoms with Crippen LogP contribution < -0.4 is 16.4 Å². The van der Waals surface area contributed by atoms with Crippen LogP contribution in [0.1, 0.15) is 39.0 Å². The van der Waals surface area contributed by atoms with Crippen LogP contribution in [0.15, 0.2) is 12.2 Å². The predicted molar refractivity (Wildman–Crippen MR) is 66.3 cm³/mol. The lowest BCUT2D eigenvalue weighted by atomic mass is 10.0. The van der Waals surface area contributed by atoms with Gasteiger partial charge in [0.1, 0.15) is 6.04 Å². The van der Waals surface area contributed by atoms with Crippen molar-refractivity contribution in [2.24, 2.45) is 5.73 Å². The van der Waals surface area contributed by atoms with E-state index in [1.807, 2.05) is 6.92 Å². The van der Waals surface area contributed by atoms with Gasteiger partial charge in [-0.05, 0) is 25.7 Å². The van der Waals surface area contributed by atoms with Gasteiger partial charge in [-0.15, -0.1) is 0 Å². The number of nitrogens with two attached hydrogens (primary N) is 1. The average molecular weight is 239 g/mol. The molecule has 96 valence electrons. The minimum Gasteiger partial charge on any atom is -0.352 e. The Kier molecular flexibility index (Phi) is 5.52. The highest BCUT2D eigenvalue weighted by Gasteiger charge is 2.21. The highest BCUT2D eigenvalue weighted by molar-refractivity contribution is 5.86. The smallest absolute Gasteiger partial charge is 0.312 e. The van der Waals surface area contributed by atoms with Gasteiger partial charge >= 0.3 is 6.03 Å². The number of carbonyl (C=O) groups is 2. The summed E-state index contributed by atoms with van der Waals surface area (Å²) in [5, 5.41) is 5.43. The number of nitrogens with one attached hydrogen (secondary N) is 2. The molecule has 1 aliphatic rings. The van der Waals surface area contributed by atoms with Crippen molar-refractivity contribution in [2.45, 2.75) is 51.1 Å². The van der Waals surface area contributed by atoms with Gasteiger partial charge in [-0.2, -0.15) is 0 Å². The maximum absolute atomic E-state index is 11.9. The SMILES string of the molecule is CCC[C@@H](NC(N)=O)C(=O)NC1CC=CCC1. The molecule has 0 aromatic rings. The lowest BCUT2D eigenvalue weighted by Gasteiger charge is -2.23. The Morgan fingerprint density at radius 2 is 2.24 bits per heavy atom. The first-order chi connectivity index (χ1) is 8.13. The van der Waals surface area contributed by atoms with Crippen molar-refractivity contribution in [1.82, 2.24) is 10.6 Å². The molecule has 3 amide bonds. The lowest BCUT2D eigenvalue weighted by molar-refractivity contribution is -0.123. The molecule has 0 radical (unpaired) electrons. The normalized spacial score (nSPS) is 20.6. The monoisotopic (exact) mass is 239 g/mol. The predicted octanol–water partition coefficient (Wildman–Crippen LogP) is 1.05. The van der Waals surface area contributed by atoms with Crippen LogP contribution in [0.5, 0.6) is 0 Å². The molecule has 1 rings (SSSR count). The van der Waals surface area contributed by atoms with Crippen molar-refractivity contribution in [3.8, 4) is 0 Å². The van der Waals surface area contributed by atoms with Gasteiger partial charge < -0.3 is 16.4 Å². The molecule has 0 aliphatic heterocycles. The number of hydrogen-bond acceptors (Lipinski definition) is 2. The van der Waals surface area contributed by atoms with E-state index < -0.39 is 12.1 Å². The van der Waals surface area contributed by atoms with Gasteiger partial charge in [-0.25, -0.2) is 4.79 Å². The van der Waals surface area contributed by atoms with E-state index in [1.54, 1.807) is 0 Å². The highest BCUT2D eigenvalue weighted by Crippen LogP contribution is 2.11. The summed E-state index contributed by atoms with van der Waals surface area (Å²) in [6, 6.07) is -0.980. The molecule has 17 heavy (non-hydrogen) atoms. The summed E-state index contributed by atoms with van der Waals surface area (Å²) in [7, 11) is 0. The van der Waals surface area contributed by atoms with E-state index in [-0.39, 0.29) is 11.9 Å². The largest absolute Gasteiger partial charge is 0.352 e. The summed E-state index contributed by atoms with van der Waals surface area (Å²) in [6.07, 6.45) is 8.43. The summed E-state index contributed by atoms with van der Waals surface area (Å²) in [5.41, 5.74) is 5.05. The topological polar surface area (TPSA) is 84.2 Å². The van der Waals surface area contributed by atoms with Crippen molar-refractivity contribution in [3.05, 3.63) is 12.2 Å². The van der Waals surface area contributed by atoms with Crippen LogP contribution in [0.2, 0.25) is 0 Å². The molecule has 0 heterocycles. The maximum Gasteiger partial charge on any atom is 0.312 e. The number of allylic oxidation sites excluding steroid dienone is 1. The fraction of sp³-hybridized carbons (Fsp3) is 0.667. The third kappa shape index (κ3) is 4.89. The second-order valence-corrected chi connectivity index (χ2v) is 4.34. The highest BCUT2D eigenvalue weighted by atomic mass is 16.2. The van der Waals surface area contributed by atoms with E-state index >= 15 is 0 Å². The van der Waals surface area contributed by atoms with Crippen molar-refractivity contribution in [2.75, 3.05) is 0 Å². The zero-order valence-corrected chi connectivity index (χ0v) is 10.2. The van der Waals surface area contributed by atoms with Gasteiger partial charge in [0, 0.05) is 6.04 Å². The Labute approximate surface area is 102 Å². The number of carbonyl (C=O) groups excluding carboxylic acids is 2. The molecule has 0 aromatic carbocycles. The Morgan fingerprint density at radius 3 is 2.76 bits per heavy atom. The summed E-state index contributed by atoms with van der Waals surface area (Å²) in [6.45, 7) is 1.96. The molecule has 5 heteroatoms. The first kappa shape index (κ1) is 13.5. The second-order valence-electron chi connectivity index (χ2n) is 4.34. The van der Waals surface area contributed by atoms with E-state index in [1.165, 1.54) is 0 Å². The molecule has 0 saturated carbocycles. The van der Waals surface area contributed by atoms with E-state index in [0.29, 0.717) is 6.42 Å². The van der Waals surface area contributed by atoms with Crippen molar-refractivity contribution < 1.29 is 9.59 Å². The molecule has 0 aromatic heterocycles. The van der Waals surface area contributed by atoms with E-state index in [9.17, 15) is 9.59 Å². The fourth-order valence-corrected chi connectivity index (χ4v) is 1.96. The van der Waals surface area contributed by atoms with Crippen LogP contribution in [0, 0.1) is 0 Å². The Balaban J connectivity index is 2.45. The van der Waals surface area contributed by atoms with Crippen molar-refractivity contribution in [1.29, 1.82) is 0 Å². The molecule has 5 nitrogen and oxygen atoms in total. The molecule has 1 aliphatic carbocycles. The van der Waals surface area contributed by atoms with Crippen LogP contribution in [-0.2, 0) is 4.79 Å². The maximum atomic E-state index is 11.9. The van der Waals surface area contributed by atoms with E-state index in [0.717, 1.165) is 25.7 Å². The third-order valence-corrected chi connectivity index (χ3v) is 2.83. The quantitative estimate of drug-likeness (QED) is 0.626. The Bertz CT molecular complexity index is 302. The van der Waals surface area contributed by atoms with Gasteiger partial charge in [-0.1, -0.05) is 25.5 Å². The van der Waals surface area contributed by atoms with Crippen LogP contribution in [0.25, 0.3) is 0 Å². The minimum absolute atomic E-state index is 0.133. The van der Waals surface area contributed by atoms with Crippen molar-refractivity contribution >= 4 is 11.9 Å². The molecule has 0 bridgehead atoms. The third-order valence-electron chi connectivity index (χ3n) is 2.83. The average Bonchev–Trinajstić information content (AvgIpc) is 2.29. The van der Waals surface area contributed by atoms with Gasteiger partial charge in [0.25, 0.3) is 0 Å². The Hall–Kier alpha value is -1.52. The standard InChI is InChI=1S/C12H21N3O2/c1-2-6-10(15-12(13)17)11(16)14-9-7-4-3-5-8-9/h3-4,9-10H,2,5-8H2,1H3,(H,14,16)(H3,13,15,17)/t9?,10-/m1/s1. The zero-order valence-electron chi connectivity index (χ0n) is 10.2. The molecule has 4 N–H and O–H groups in total. The molecule has 0 spiro atoms. The fourth-order valence-electron chi connectivity index (χ4n) is 1.96. The molecular formula is C12H21N3O2. The summed E-state index contributed by atoms with van der Waals surface area (Å²) in [5.74, 6) is -0.133. The van der Waals surface area contributed by atoms with Crippen LogP contribution in [-0.4, -0.2) is 24.0 Å². The summed E-state index contributed by atoms with van der Waals surface area (Å²) in [4.78, 5) is 22.7. The minimum atomic E-state index is -0.651. The molecule has 2 atom stereocenters. The zero-order chi connectivity index (χ0) is 12.7. The number of rotatable bonds is 5. The van der Waals surface area contributed by atoms with Crippen LogP contribution >= 0.6 is 0 Å². The van der Waals surface area contributed by atoms with Gasteiger partial charge in [0.05, 0.1) is 0 Å². The Morgan fingerprint density at radius 1 is 1.47 bits per heavy atom. The number of urea groups is 1. The van der Waals surface area contributed by atoms with Crippen molar-refractivity contribution in [3.63, 3.8) is 0 Å². The first-order valence-electron chi connectivity index (χ1n) is 6.14. The van der Waals surface area contributed by atoms with Gasteiger partial charge in [0.15, 0.2) is 0 Å². The molecular weight excluding hydrogens is 218 g/mol. The van der Waals surface area contributed by atoms with E-state index in [2.05, 4.69) is 22.8 Å². The number of hydrogen-bond donors (Lipinski definition) is 3. The molecule has 1 unspecified atom stereocenters.